The number of nitrogens with zero attached hydrogens (tertiary/aromatic N) is 3. The molecular weight excluding hydrogens is 206 g/mol. The summed E-state index contributed by atoms with van der Waals surface area (Å²) in [5.74, 6) is 1.12. The lowest BCUT2D eigenvalue weighted by Crippen LogP contribution is -2.27. The average Bonchev–Trinajstić information content (AvgIpc) is 2.64. The lowest BCUT2D eigenvalue weighted by Gasteiger charge is -2.17. The SMILES string of the molecule is COCc1cc(N2CCC(N)C2)nc(N)n1. The van der Waals surface area contributed by atoms with Crippen molar-refractivity contribution in [1.82, 2.24) is 9.97 Å². The van der Waals surface area contributed by atoms with Crippen molar-refractivity contribution in [2.75, 3.05) is 30.8 Å². The Hall–Kier alpha value is -1.40. The van der Waals surface area contributed by atoms with Crippen LogP contribution in [0.15, 0.2) is 6.07 Å². The van der Waals surface area contributed by atoms with Crippen LogP contribution in [0.1, 0.15) is 12.1 Å². The molecule has 1 unspecified atom stereocenters. The first-order valence-electron chi connectivity index (χ1n) is 5.32. The van der Waals surface area contributed by atoms with Crippen LogP contribution in [0.5, 0.6) is 0 Å². The number of hydrogen-bond acceptors (Lipinski definition) is 6. The molecule has 1 aliphatic heterocycles. The van der Waals surface area contributed by atoms with E-state index in [1.807, 2.05) is 6.07 Å². The summed E-state index contributed by atoms with van der Waals surface area (Å²) in [4.78, 5) is 10.4. The normalized spacial score (nSPS) is 20.4. The van der Waals surface area contributed by atoms with Crippen molar-refractivity contribution in [2.24, 2.45) is 5.73 Å². The third kappa shape index (κ3) is 2.40. The number of nitrogens with two attached hydrogens (primary N) is 2. The number of ether oxygens (including phenoxy) is 1. The summed E-state index contributed by atoms with van der Waals surface area (Å²) in [6, 6.07) is 2.12. The average molecular weight is 223 g/mol. The van der Waals surface area contributed by atoms with Gasteiger partial charge in [0.05, 0.1) is 12.3 Å². The molecule has 1 aliphatic rings. The molecule has 1 fully saturated rings. The van der Waals surface area contributed by atoms with E-state index in [4.69, 9.17) is 16.2 Å². The van der Waals surface area contributed by atoms with Gasteiger partial charge < -0.3 is 21.1 Å². The van der Waals surface area contributed by atoms with Crippen molar-refractivity contribution in [1.29, 1.82) is 0 Å². The maximum absolute atomic E-state index is 5.86. The third-order valence-electron chi connectivity index (χ3n) is 2.62. The standard InChI is InChI=1S/C10H17N5O/c1-16-6-8-4-9(14-10(12)13-8)15-3-2-7(11)5-15/h4,7H,2-3,5-6,11H2,1H3,(H2,12,13,14). The van der Waals surface area contributed by atoms with Crippen molar-refractivity contribution in [3.05, 3.63) is 11.8 Å². The number of methoxy groups -OCH3 is 1. The molecule has 0 aliphatic carbocycles. The molecule has 1 aromatic rings. The van der Waals surface area contributed by atoms with Gasteiger partial charge in [-0.1, -0.05) is 0 Å². The largest absolute Gasteiger partial charge is 0.378 e. The van der Waals surface area contributed by atoms with Gasteiger partial charge in [0.15, 0.2) is 0 Å². The quantitative estimate of drug-likeness (QED) is 0.734. The summed E-state index contributed by atoms with van der Waals surface area (Å²) >= 11 is 0. The van der Waals surface area contributed by atoms with E-state index in [1.54, 1.807) is 7.11 Å². The van der Waals surface area contributed by atoms with Gasteiger partial charge in [0.1, 0.15) is 5.82 Å². The molecule has 6 nitrogen and oxygen atoms in total. The van der Waals surface area contributed by atoms with Crippen molar-refractivity contribution < 1.29 is 4.74 Å². The van der Waals surface area contributed by atoms with E-state index >= 15 is 0 Å². The Morgan fingerprint density at radius 3 is 3.00 bits per heavy atom. The van der Waals surface area contributed by atoms with Gasteiger partial charge in [-0.2, -0.15) is 4.98 Å². The van der Waals surface area contributed by atoms with E-state index in [0.717, 1.165) is 31.0 Å². The highest BCUT2D eigenvalue weighted by Crippen LogP contribution is 2.19. The molecule has 1 atom stereocenters. The van der Waals surface area contributed by atoms with E-state index < -0.39 is 0 Å². The first-order valence-corrected chi connectivity index (χ1v) is 5.32. The molecule has 2 heterocycles. The van der Waals surface area contributed by atoms with Gasteiger partial charge in [-0.15, -0.1) is 0 Å². The Morgan fingerprint density at radius 1 is 1.56 bits per heavy atom. The molecule has 0 amide bonds. The smallest absolute Gasteiger partial charge is 0.222 e. The van der Waals surface area contributed by atoms with Crippen LogP contribution in [0.3, 0.4) is 0 Å². The summed E-state index contributed by atoms with van der Waals surface area (Å²) in [7, 11) is 1.63. The van der Waals surface area contributed by atoms with Crippen LogP contribution in [0, 0.1) is 0 Å². The lowest BCUT2D eigenvalue weighted by molar-refractivity contribution is 0.181. The highest BCUT2D eigenvalue weighted by atomic mass is 16.5. The van der Waals surface area contributed by atoms with E-state index in [9.17, 15) is 0 Å². The second kappa shape index (κ2) is 4.63. The zero-order chi connectivity index (χ0) is 11.5. The van der Waals surface area contributed by atoms with Gasteiger partial charge >= 0.3 is 0 Å². The molecule has 16 heavy (non-hydrogen) atoms. The molecule has 0 bridgehead atoms. The maximum Gasteiger partial charge on any atom is 0.222 e. The molecule has 4 N–H and O–H groups in total. The summed E-state index contributed by atoms with van der Waals surface area (Å²) < 4.78 is 5.03. The first kappa shape index (κ1) is 11.1. The van der Waals surface area contributed by atoms with Crippen molar-refractivity contribution >= 4 is 11.8 Å². The Balaban J connectivity index is 2.20. The summed E-state index contributed by atoms with van der Waals surface area (Å²) in [6.45, 7) is 2.19. The zero-order valence-corrected chi connectivity index (χ0v) is 9.39. The topological polar surface area (TPSA) is 90.3 Å². The highest BCUT2D eigenvalue weighted by Gasteiger charge is 2.21. The minimum absolute atomic E-state index is 0.224. The van der Waals surface area contributed by atoms with Crippen LogP contribution >= 0.6 is 0 Å². The molecule has 1 saturated heterocycles. The van der Waals surface area contributed by atoms with Gasteiger partial charge in [-0.05, 0) is 6.42 Å². The molecule has 0 saturated carbocycles. The molecule has 6 heteroatoms. The molecule has 0 spiro atoms. The predicted octanol–water partition coefficient (Wildman–Crippen LogP) is -0.257. The Kier molecular flexibility index (Phi) is 3.21. The molecule has 0 radical (unpaired) electrons. The Bertz CT molecular complexity index is 370. The zero-order valence-electron chi connectivity index (χ0n) is 9.39. The first-order chi connectivity index (χ1) is 7.69. The van der Waals surface area contributed by atoms with Gasteiger partial charge in [-0.3, -0.25) is 0 Å². The monoisotopic (exact) mass is 223 g/mol. The second-order valence-electron chi connectivity index (χ2n) is 4.00. The van der Waals surface area contributed by atoms with Gasteiger partial charge in [0.25, 0.3) is 0 Å². The fourth-order valence-corrected chi connectivity index (χ4v) is 1.88. The number of anilines is 2. The molecule has 1 aromatic heterocycles. The van der Waals surface area contributed by atoms with Crippen LogP contribution in [0.4, 0.5) is 11.8 Å². The minimum Gasteiger partial charge on any atom is -0.378 e. The minimum atomic E-state index is 0.224. The predicted molar refractivity (Wildman–Crippen MR) is 62.0 cm³/mol. The van der Waals surface area contributed by atoms with E-state index in [-0.39, 0.29) is 12.0 Å². The van der Waals surface area contributed by atoms with Crippen molar-refractivity contribution in [3.8, 4) is 0 Å². The number of aromatic nitrogens is 2. The Labute approximate surface area is 94.6 Å². The van der Waals surface area contributed by atoms with Crippen LogP contribution in [0.2, 0.25) is 0 Å². The van der Waals surface area contributed by atoms with Crippen LogP contribution in [0.25, 0.3) is 0 Å². The lowest BCUT2D eigenvalue weighted by atomic mass is 10.3. The van der Waals surface area contributed by atoms with Crippen LogP contribution in [-0.2, 0) is 11.3 Å². The molecule has 0 aromatic carbocycles. The molecule has 2 rings (SSSR count). The van der Waals surface area contributed by atoms with Crippen molar-refractivity contribution in [3.63, 3.8) is 0 Å². The van der Waals surface area contributed by atoms with Crippen LogP contribution in [-0.4, -0.2) is 36.2 Å². The van der Waals surface area contributed by atoms with Gasteiger partial charge in [0, 0.05) is 32.3 Å². The molecule has 88 valence electrons. The number of hydrogen-bond donors (Lipinski definition) is 2. The van der Waals surface area contributed by atoms with Gasteiger partial charge in [-0.25, -0.2) is 4.98 Å². The Morgan fingerprint density at radius 2 is 2.38 bits per heavy atom. The van der Waals surface area contributed by atoms with Crippen LogP contribution < -0.4 is 16.4 Å². The molecular formula is C10H17N5O. The fraction of sp³-hybridized carbons (Fsp3) is 0.600. The summed E-state index contributed by atoms with van der Waals surface area (Å²) in [5.41, 5.74) is 12.3. The van der Waals surface area contributed by atoms with E-state index in [0.29, 0.717) is 6.61 Å². The maximum atomic E-state index is 5.86. The summed E-state index contributed by atoms with van der Waals surface area (Å²) in [6.07, 6.45) is 0.990. The number of nitrogen functional groups attached to an aromatic ring is 1. The number of rotatable bonds is 3. The highest BCUT2D eigenvalue weighted by molar-refractivity contribution is 5.44. The van der Waals surface area contributed by atoms with Crippen molar-refractivity contribution in [2.45, 2.75) is 19.1 Å². The second-order valence-corrected chi connectivity index (χ2v) is 4.00. The van der Waals surface area contributed by atoms with E-state index in [1.165, 1.54) is 0 Å². The third-order valence-corrected chi connectivity index (χ3v) is 2.62. The van der Waals surface area contributed by atoms with E-state index in [2.05, 4.69) is 14.9 Å². The van der Waals surface area contributed by atoms with Gasteiger partial charge in [0.2, 0.25) is 5.95 Å². The fourth-order valence-electron chi connectivity index (χ4n) is 1.88. The summed E-state index contributed by atoms with van der Waals surface area (Å²) in [5, 5.41) is 0.